The first-order valence-electron chi connectivity index (χ1n) is 18.0. The van der Waals surface area contributed by atoms with Crippen LogP contribution in [0.5, 0.6) is 17.2 Å². The Balaban J connectivity index is 1.02. The normalized spacial score (nSPS) is 12.8. The van der Waals surface area contributed by atoms with Crippen LogP contribution >= 0.6 is 0 Å². The summed E-state index contributed by atoms with van der Waals surface area (Å²) in [4.78, 5) is 0. The van der Waals surface area contributed by atoms with Crippen LogP contribution in [0, 0.1) is 0 Å². The summed E-state index contributed by atoms with van der Waals surface area (Å²) in [6.07, 6.45) is 0. The van der Waals surface area contributed by atoms with Crippen molar-refractivity contribution in [1.29, 1.82) is 0 Å². The molecule has 2 aromatic heterocycles. The Morgan fingerprint density at radius 2 is 1.08 bits per heavy atom. The first kappa shape index (κ1) is 28.7. The van der Waals surface area contributed by atoms with E-state index in [4.69, 9.17) is 13.8 Å². The van der Waals surface area contributed by atoms with E-state index in [1.807, 2.05) is 18.2 Å². The third-order valence-electron chi connectivity index (χ3n) is 11.1. The van der Waals surface area contributed by atoms with E-state index < -0.39 is 0 Å². The highest BCUT2D eigenvalue weighted by atomic mass is 16.5. The van der Waals surface area contributed by atoms with Crippen LogP contribution in [0.15, 0.2) is 174 Å². The van der Waals surface area contributed by atoms with Gasteiger partial charge in [0.05, 0.1) is 16.7 Å². The highest BCUT2D eigenvalue weighted by Crippen LogP contribution is 2.43. The molecule has 53 heavy (non-hydrogen) atoms. The second-order valence-corrected chi connectivity index (χ2v) is 14.0. The second-order valence-electron chi connectivity index (χ2n) is 14.0. The van der Waals surface area contributed by atoms with E-state index >= 15 is 0 Å². The zero-order valence-electron chi connectivity index (χ0n) is 28.4. The maximum Gasteiger partial charge on any atom is 0.434 e. The van der Waals surface area contributed by atoms with Gasteiger partial charge in [0.15, 0.2) is 0 Å². The first-order chi connectivity index (χ1) is 26.3. The van der Waals surface area contributed by atoms with Crippen LogP contribution in [-0.2, 0) is 0 Å². The minimum Gasteiger partial charge on any atom is -0.551 e. The monoisotopic (exact) mass is 677 g/mol. The molecular weight excluding hydrogens is 649 g/mol. The van der Waals surface area contributed by atoms with Gasteiger partial charge in [-0.15, -0.1) is 0 Å². The van der Waals surface area contributed by atoms with Crippen molar-refractivity contribution in [3.05, 3.63) is 170 Å². The number of aromatic nitrogens is 1. The molecule has 0 radical (unpaired) electrons. The van der Waals surface area contributed by atoms with Crippen LogP contribution in [0.25, 0.3) is 82.8 Å². The first-order valence-corrected chi connectivity index (χ1v) is 18.0. The fourth-order valence-electron chi connectivity index (χ4n) is 8.69. The van der Waals surface area contributed by atoms with E-state index in [2.05, 4.69) is 156 Å². The van der Waals surface area contributed by atoms with Gasteiger partial charge in [-0.1, -0.05) is 109 Å². The molecule has 0 bridgehead atoms. The maximum absolute atomic E-state index is 6.96. The molecule has 2 aliphatic rings. The molecular formula is C48H28BNO3. The number of para-hydroxylation sites is 5. The summed E-state index contributed by atoms with van der Waals surface area (Å²) in [6, 6.07) is 60.0. The smallest absolute Gasteiger partial charge is 0.434 e. The quantitative estimate of drug-likeness (QED) is 0.175. The molecule has 0 saturated carbocycles. The summed E-state index contributed by atoms with van der Waals surface area (Å²) in [5, 5.41) is 4.72. The van der Waals surface area contributed by atoms with E-state index in [1.165, 1.54) is 21.8 Å². The van der Waals surface area contributed by atoms with Crippen molar-refractivity contribution in [3.63, 3.8) is 0 Å². The van der Waals surface area contributed by atoms with Gasteiger partial charge in [0, 0.05) is 43.6 Å². The number of hydrogen-bond donors (Lipinski definition) is 0. The lowest BCUT2D eigenvalue weighted by Crippen LogP contribution is -2.53. The number of benzene rings is 8. The number of nitrogens with zero attached hydrogens (tertiary/aromatic N) is 1. The molecule has 5 heteroatoms. The molecule has 0 aliphatic carbocycles. The molecule has 0 N–H and O–H groups in total. The molecule has 12 rings (SSSR count). The van der Waals surface area contributed by atoms with Gasteiger partial charge in [0.2, 0.25) is 0 Å². The van der Waals surface area contributed by atoms with Crippen molar-refractivity contribution >= 4 is 61.6 Å². The number of fused-ring (bicyclic) bond motifs is 10. The Morgan fingerprint density at radius 3 is 1.92 bits per heavy atom. The topological polar surface area (TPSA) is 36.5 Å². The number of ether oxygens (including phenoxy) is 1. The van der Waals surface area contributed by atoms with Gasteiger partial charge in [0.25, 0.3) is 0 Å². The molecule has 0 unspecified atom stereocenters. The van der Waals surface area contributed by atoms with Crippen molar-refractivity contribution in [2.45, 2.75) is 0 Å². The van der Waals surface area contributed by atoms with Crippen molar-refractivity contribution in [2.75, 3.05) is 0 Å². The largest absolute Gasteiger partial charge is 0.551 e. The van der Waals surface area contributed by atoms with Crippen LogP contribution in [0.2, 0.25) is 0 Å². The number of furan rings is 1. The highest BCUT2D eigenvalue weighted by molar-refractivity contribution is 6.84. The van der Waals surface area contributed by atoms with Crippen LogP contribution in [0.4, 0.5) is 0 Å². The Labute approximate surface area is 305 Å². The van der Waals surface area contributed by atoms with Gasteiger partial charge >= 0.3 is 6.92 Å². The summed E-state index contributed by atoms with van der Waals surface area (Å²) < 4.78 is 22.5. The zero-order valence-corrected chi connectivity index (χ0v) is 28.4. The van der Waals surface area contributed by atoms with Crippen LogP contribution in [-0.4, -0.2) is 11.5 Å². The van der Waals surface area contributed by atoms with E-state index in [9.17, 15) is 0 Å². The lowest BCUT2D eigenvalue weighted by Gasteiger charge is -2.33. The van der Waals surface area contributed by atoms with E-state index in [0.29, 0.717) is 0 Å². The van der Waals surface area contributed by atoms with Crippen molar-refractivity contribution in [2.24, 2.45) is 0 Å². The molecule has 8 aromatic carbocycles. The Hall–Kier alpha value is -6.98. The summed E-state index contributed by atoms with van der Waals surface area (Å²) in [7, 11) is 0. The van der Waals surface area contributed by atoms with Gasteiger partial charge in [-0.3, -0.25) is 0 Å². The van der Waals surface area contributed by atoms with Crippen molar-refractivity contribution < 1.29 is 13.8 Å². The minimum absolute atomic E-state index is 0.299. The van der Waals surface area contributed by atoms with Gasteiger partial charge in [-0.25, -0.2) is 0 Å². The molecule has 0 fully saturated rings. The lowest BCUT2D eigenvalue weighted by molar-refractivity contribution is 0.480. The molecule has 0 saturated heterocycles. The predicted molar refractivity (Wildman–Crippen MR) is 217 cm³/mol. The summed E-state index contributed by atoms with van der Waals surface area (Å²) in [5.41, 5.74) is 13.8. The van der Waals surface area contributed by atoms with Gasteiger partial charge in [-0.05, 0) is 82.9 Å². The molecule has 0 amide bonds. The molecule has 10 aromatic rings. The van der Waals surface area contributed by atoms with E-state index in [0.717, 1.165) is 89.2 Å². The lowest BCUT2D eigenvalue weighted by atomic mass is 9.50. The summed E-state index contributed by atoms with van der Waals surface area (Å²) in [6.45, 7) is -0.299. The predicted octanol–water partition coefficient (Wildman–Crippen LogP) is 11.3. The Morgan fingerprint density at radius 1 is 0.415 bits per heavy atom. The molecule has 4 nitrogen and oxygen atoms in total. The summed E-state index contributed by atoms with van der Waals surface area (Å²) >= 11 is 0. The van der Waals surface area contributed by atoms with Gasteiger partial charge in [0.1, 0.15) is 28.4 Å². The molecule has 246 valence electrons. The second kappa shape index (κ2) is 10.8. The van der Waals surface area contributed by atoms with E-state index in [1.54, 1.807) is 0 Å². The molecule has 0 spiro atoms. The van der Waals surface area contributed by atoms with Crippen molar-refractivity contribution in [1.82, 2.24) is 4.57 Å². The fourth-order valence-corrected chi connectivity index (χ4v) is 8.69. The minimum atomic E-state index is -0.299. The van der Waals surface area contributed by atoms with E-state index in [-0.39, 0.29) is 6.92 Å². The van der Waals surface area contributed by atoms with Gasteiger partial charge in [-0.2, -0.15) is 0 Å². The SMILES string of the molecule is c1ccc2c(c1)OB1c3ccc(-c4ccccc4-n4c5ccccc5c5ccccc54)cc3Oc3cc(-c4ccc5c(c4)oc4ccccc45)cc-2c31. The van der Waals surface area contributed by atoms with Crippen LogP contribution in [0.1, 0.15) is 0 Å². The van der Waals surface area contributed by atoms with Gasteiger partial charge < -0.3 is 18.4 Å². The van der Waals surface area contributed by atoms with Crippen LogP contribution < -0.4 is 20.3 Å². The van der Waals surface area contributed by atoms with Crippen molar-refractivity contribution in [3.8, 4) is 56.3 Å². The highest BCUT2D eigenvalue weighted by Gasteiger charge is 2.41. The molecule has 0 atom stereocenters. The standard InChI is InChI=1S/C48H28BNO3/c1-6-16-40(50-41-17-7-2-12-33(41)34-13-3-8-18-42(34)50)32(11-1)30-22-24-39-46(27-30)52-47-28-31(25-38-36-15-5-10-20-44(36)53-49(39)48(38)47)29-21-23-37-35-14-4-9-19-43(35)51-45(37)26-29/h1-28H. The average molecular weight is 678 g/mol. The Kier molecular flexibility index (Phi) is 5.83. The maximum atomic E-state index is 6.96. The van der Waals surface area contributed by atoms with Crippen LogP contribution in [0.3, 0.4) is 0 Å². The fraction of sp³-hybridized carbons (Fsp3) is 0. The third kappa shape index (κ3) is 4.13. The zero-order chi connectivity index (χ0) is 34.6. The Bertz CT molecular complexity index is 3100. The summed E-state index contributed by atoms with van der Waals surface area (Å²) in [5.74, 6) is 2.48. The number of hydrogen-bond acceptors (Lipinski definition) is 3. The third-order valence-corrected chi connectivity index (χ3v) is 11.1. The molecule has 2 aliphatic heterocycles. The average Bonchev–Trinajstić information content (AvgIpc) is 3.76. The number of rotatable bonds is 3. The molecule has 4 heterocycles.